The van der Waals surface area contributed by atoms with Crippen molar-refractivity contribution >= 4 is 28.1 Å². The second-order valence-corrected chi connectivity index (χ2v) is 9.41. The number of halogens is 2. The van der Waals surface area contributed by atoms with Gasteiger partial charge in [-0.15, -0.1) is 17.8 Å². The van der Waals surface area contributed by atoms with Gasteiger partial charge in [0.15, 0.2) is 5.13 Å². The van der Waals surface area contributed by atoms with Crippen LogP contribution in [0.5, 0.6) is 5.75 Å². The molecule has 3 N–H and O–H groups in total. The number of terminal acetylenes is 1. The normalized spacial score (nSPS) is 17.2. The van der Waals surface area contributed by atoms with Gasteiger partial charge >= 0.3 is 0 Å². The summed E-state index contributed by atoms with van der Waals surface area (Å²) in [6.07, 6.45) is 5.85. The minimum Gasteiger partial charge on any atom is -0.497 e. The maximum Gasteiger partial charge on any atom is 0.263 e. The molecule has 3 aromatic rings. The highest BCUT2D eigenvalue weighted by Crippen LogP contribution is 2.34. The van der Waals surface area contributed by atoms with E-state index < -0.39 is 28.5 Å². The molecule has 36 heavy (non-hydrogen) atoms. The van der Waals surface area contributed by atoms with Crippen LogP contribution < -0.4 is 20.3 Å². The number of aliphatic hydroxyl groups is 1. The molecule has 10 heteroatoms. The van der Waals surface area contributed by atoms with E-state index in [0.29, 0.717) is 36.8 Å². The fraction of sp³-hybridized carbons (Fsp3) is 0.308. The van der Waals surface area contributed by atoms with Crippen LogP contribution in [0.2, 0.25) is 0 Å². The van der Waals surface area contributed by atoms with Gasteiger partial charge in [0.2, 0.25) is 0 Å². The first-order chi connectivity index (χ1) is 17.3. The predicted molar refractivity (Wildman–Crippen MR) is 136 cm³/mol. The van der Waals surface area contributed by atoms with E-state index in [0.717, 1.165) is 29.0 Å². The van der Waals surface area contributed by atoms with Crippen molar-refractivity contribution < 1.29 is 23.4 Å². The number of aliphatic hydroxyl groups excluding tert-OH is 1. The zero-order chi connectivity index (χ0) is 25.9. The van der Waals surface area contributed by atoms with Crippen LogP contribution in [0.15, 0.2) is 41.8 Å². The molecule has 4 rings (SSSR count). The van der Waals surface area contributed by atoms with Gasteiger partial charge in [0, 0.05) is 36.7 Å². The fourth-order valence-electron chi connectivity index (χ4n) is 4.09. The second kappa shape index (κ2) is 10.6. The van der Waals surface area contributed by atoms with Crippen LogP contribution in [-0.2, 0) is 5.41 Å². The number of thiazole rings is 1. The smallest absolute Gasteiger partial charge is 0.263 e. The van der Waals surface area contributed by atoms with Crippen LogP contribution in [0.3, 0.4) is 0 Å². The average Bonchev–Trinajstić information content (AvgIpc) is 3.36. The van der Waals surface area contributed by atoms with E-state index in [-0.39, 0.29) is 17.8 Å². The van der Waals surface area contributed by atoms with Crippen LogP contribution in [0.25, 0.3) is 0 Å². The lowest BCUT2D eigenvalue weighted by Crippen LogP contribution is -2.52. The first-order valence-corrected chi connectivity index (χ1v) is 12.1. The highest BCUT2D eigenvalue weighted by Gasteiger charge is 2.30. The first kappa shape index (κ1) is 25.6. The highest BCUT2D eigenvalue weighted by atomic mass is 32.1. The molecule has 1 aliphatic rings. The minimum atomic E-state index is -0.981. The van der Waals surface area contributed by atoms with Crippen LogP contribution >= 0.6 is 11.3 Å². The lowest BCUT2D eigenvalue weighted by molar-refractivity contribution is 0.101. The molecular weight excluding hydrogens is 486 g/mol. The van der Waals surface area contributed by atoms with Gasteiger partial charge in [-0.05, 0) is 36.8 Å². The Kier molecular flexibility index (Phi) is 7.54. The fourth-order valence-corrected chi connectivity index (χ4v) is 4.91. The minimum absolute atomic E-state index is 0.0884. The molecule has 0 radical (unpaired) electrons. The van der Waals surface area contributed by atoms with Crippen molar-refractivity contribution in [2.75, 3.05) is 43.6 Å². The van der Waals surface area contributed by atoms with Crippen molar-refractivity contribution in [3.63, 3.8) is 0 Å². The molecule has 1 aliphatic heterocycles. The SMILES string of the molecule is C#CC(C)(c1ccc(OC)cc1)c1csc(NC(=O)c2c(F)cc(N3CCNC(CO)C3)cc2F)n1. The Hall–Kier alpha value is -3.52. The summed E-state index contributed by atoms with van der Waals surface area (Å²) < 4.78 is 35.0. The summed E-state index contributed by atoms with van der Waals surface area (Å²) in [7, 11) is 1.57. The van der Waals surface area contributed by atoms with E-state index in [1.54, 1.807) is 29.5 Å². The van der Waals surface area contributed by atoms with E-state index >= 15 is 0 Å². The molecule has 0 spiro atoms. The highest BCUT2D eigenvalue weighted by molar-refractivity contribution is 7.14. The molecule has 2 aromatic carbocycles. The Morgan fingerprint density at radius 1 is 1.36 bits per heavy atom. The number of amides is 1. The summed E-state index contributed by atoms with van der Waals surface area (Å²) in [5.74, 6) is 0.531. The molecule has 2 atom stereocenters. The number of carbonyl (C=O) groups is 1. The topological polar surface area (TPSA) is 86.7 Å². The van der Waals surface area contributed by atoms with Crippen molar-refractivity contribution in [2.45, 2.75) is 18.4 Å². The molecule has 2 unspecified atom stereocenters. The molecule has 0 bridgehead atoms. The number of nitrogens with zero attached hydrogens (tertiary/aromatic N) is 2. The van der Waals surface area contributed by atoms with Gasteiger partial charge in [-0.3, -0.25) is 10.1 Å². The third kappa shape index (κ3) is 5.04. The Balaban J connectivity index is 1.53. The zero-order valence-electron chi connectivity index (χ0n) is 19.8. The van der Waals surface area contributed by atoms with E-state index in [4.69, 9.17) is 11.2 Å². The molecular formula is C26H26F2N4O3S. The van der Waals surface area contributed by atoms with Crippen molar-refractivity contribution in [3.05, 3.63) is 70.2 Å². The van der Waals surface area contributed by atoms with Crippen molar-refractivity contribution in [1.29, 1.82) is 0 Å². The number of anilines is 2. The maximum absolute atomic E-state index is 14.9. The number of piperazine rings is 1. The van der Waals surface area contributed by atoms with Crippen molar-refractivity contribution in [2.24, 2.45) is 0 Å². The number of nitrogens with one attached hydrogen (secondary N) is 2. The van der Waals surface area contributed by atoms with E-state index in [9.17, 15) is 18.7 Å². The number of aromatic nitrogens is 1. The molecule has 1 saturated heterocycles. The number of hydrogen-bond donors (Lipinski definition) is 3. The van der Waals surface area contributed by atoms with E-state index in [1.807, 2.05) is 19.1 Å². The summed E-state index contributed by atoms with van der Waals surface area (Å²) in [4.78, 5) is 19.0. The molecule has 2 heterocycles. The molecule has 0 aliphatic carbocycles. The van der Waals surface area contributed by atoms with E-state index in [2.05, 4.69) is 21.5 Å². The van der Waals surface area contributed by atoms with Gasteiger partial charge in [0.1, 0.15) is 22.9 Å². The lowest BCUT2D eigenvalue weighted by atomic mass is 9.81. The molecule has 1 fully saturated rings. The van der Waals surface area contributed by atoms with Crippen LogP contribution in [0.4, 0.5) is 19.6 Å². The third-order valence-corrected chi connectivity index (χ3v) is 7.05. The lowest BCUT2D eigenvalue weighted by Gasteiger charge is -2.34. The molecule has 188 valence electrons. The van der Waals surface area contributed by atoms with Gasteiger partial charge in [0.05, 0.1) is 24.8 Å². The summed E-state index contributed by atoms with van der Waals surface area (Å²) in [6.45, 7) is 3.21. The van der Waals surface area contributed by atoms with Gasteiger partial charge in [-0.2, -0.15) is 0 Å². The van der Waals surface area contributed by atoms with Gasteiger partial charge in [0.25, 0.3) is 5.91 Å². The zero-order valence-corrected chi connectivity index (χ0v) is 20.7. The van der Waals surface area contributed by atoms with Crippen molar-refractivity contribution in [1.82, 2.24) is 10.3 Å². The first-order valence-electron chi connectivity index (χ1n) is 11.3. The standard InChI is InChI=1S/C26H26F2N4O3S/c1-4-26(2,16-5-7-19(35-3)8-6-16)22-15-36-25(30-22)31-24(34)23-20(27)11-18(12-21(23)28)32-10-9-29-17(13-32)14-33/h1,5-8,11-12,15,17,29,33H,9-10,13-14H2,2-3H3,(H,30,31,34). The monoisotopic (exact) mass is 512 g/mol. The number of carbonyl (C=O) groups excluding carboxylic acids is 1. The summed E-state index contributed by atoms with van der Waals surface area (Å²) in [6, 6.07) is 9.32. The number of rotatable bonds is 7. The van der Waals surface area contributed by atoms with Crippen LogP contribution in [0, 0.1) is 24.0 Å². The molecule has 0 saturated carbocycles. The molecule has 1 aromatic heterocycles. The van der Waals surface area contributed by atoms with Crippen LogP contribution in [0.1, 0.15) is 28.5 Å². The Morgan fingerprint density at radius 3 is 2.67 bits per heavy atom. The molecule has 1 amide bonds. The molecule has 7 nitrogen and oxygen atoms in total. The van der Waals surface area contributed by atoms with Gasteiger partial charge in [-0.1, -0.05) is 18.1 Å². The second-order valence-electron chi connectivity index (χ2n) is 8.55. The number of ether oxygens (including phenoxy) is 1. The Morgan fingerprint density at radius 2 is 2.06 bits per heavy atom. The van der Waals surface area contributed by atoms with E-state index in [1.165, 1.54) is 0 Å². The average molecular weight is 513 g/mol. The quantitative estimate of drug-likeness (QED) is 0.421. The number of benzene rings is 2. The summed E-state index contributed by atoms with van der Waals surface area (Å²) in [5.41, 5.74) is 0.0445. The maximum atomic E-state index is 14.9. The van der Waals surface area contributed by atoms with Gasteiger partial charge < -0.3 is 20.1 Å². The summed E-state index contributed by atoms with van der Waals surface area (Å²) in [5, 5.41) is 16.8. The van der Waals surface area contributed by atoms with Crippen LogP contribution in [-0.4, -0.2) is 55.4 Å². The van der Waals surface area contributed by atoms with Gasteiger partial charge in [-0.25, -0.2) is 13.8 Å². The third-order valence-electron chi connectivity index (χ3n) is 6.29. The summed E-state index contributed by atoms with van der Waals surface area (Å²) >= 11 is 1.11. The largest absolute Gasteiger partial charge is 0.497 e. The Labute approximate surface area is 212 Å². The van der Waals surface area contributed by atoms with Crippen molar-refractivity contribution in [3.8, 4) is 18.1 Å². The number of methoxy groups -OCH3 is 1. The Bertz CT molecular complexity index is 1270. The number of hydrogen-bond acceptors (Lipinski definition) is 7. The predicted octanol–water partition coefficient (Wildman–Crippen LogP) is 3.39.